The predicted molar refractivity (Wildman–Crippen MR) is 57.3 cm³/mol. The van der Waals surface area contributed by atoms with Crippen molar-refractivity contribution in [2.45, 2.75) is 26.6 Å². The highest BCUT2D eigenvalue weighted by Crippen LogP contribution is 2.22. The van der Waals surface area contributed by atoms with E-state index in [-0.39, 0.29) is 6.10 Å². The van der Waals surface area contributed by atoms with Gasteiger partial charge in [0.1, 0.15) is 5.75 Å². The van der Waals surface area contributed by atoms with Gasteiger partial charge in [0, 0.05) is 11.3 Å². The van der Waals surface area contributed by atoms with Gasteiger partial charge in [-0.3, -0.25) is 0 Å². The highest BCUT2D eigenvalue weighted by atomic mass is 16.5. The fraction of sp³-hybridized carbons (Fsp3) is 0.455. The van der Waals surface area contributed by atoms with E-state index in [9.17, 15) is 0 Å². The van der Waals surface area contributed by atoms with Crippen LogP contribution in [0.2, 0.25) is 0 Å². The molecule has 0 aliphatic rings. The number of ether oxygens (including phenoxy) is 2. The van der Waals surface area contributed by atoms with Crippen LogP contribution in [-0.4, -0.2) is 13.2 Å². The first-order valence-corrected chi connectivity index (χ1v) is 4.67. The van der Waals surface area contributed by atoms with Crippen molar-refractivity contribution in [3.8, 4) is 5.75 Å². The molecule has 0 atom stereocenters. The average molecular weight is 195 g/mol. The topological polar surface area (TPSA) is 44.5 Å². The summed E-state index contributed by atoms with van der Waals surface area (Å²) in [6.07, 6.45) is 0.209. The minimum absolute atomic E-state index is 0.209. The summed E-state index contributed by atoms with van der Waals surface area (Å²) in [7, 11) is 1.64. The fourth-order valence-corrected chi connectivity index (χ4v) is 1.17. The Bertz CT molecular complexity index is 297. The number of hydrogen-bond acceptors (Lipinski definition) is 3. The van der Waals surface area contributed by atoms with Gasteiger partial charge in [-0.05, 0) is 32.0 Å². The number of anilines is 1. The second-order valence-corrected chi connectivity index (χ2v) is 3.43. The molecule has 0 aliphatic carbocycles. The highest BCUT2D eigenvalue weighted by Gasteiger charge is 2.04. The molecule has 0 heterocycles. The maximum absolute atomic E-state index is 5.68. The molecule has 0 aromatic heterocycles. The first-order chi connectivity index (χ1) is 6.63. The molecule has 3 heteroatoms. The molecule has 0 radical (unpaired) electrons. The van der Waals surface area contributed by atoms with Gasteiger partial charge in [0.15, 0.2) is 0 Å². The summed E-state index contributed by atoms with van der Waals surface area (Å²) in [4.78, 5) is 0. The van der Waals surface area contributed by atoms with Crippen LogP contribution in [0.25, 0.3) is 0 Å². The third-order valence-electron chi connectivity index (χ3n) is 1.88. The maximum Gasteiger partial charge on any atom is 0.124 e. The van der Waals surface area contributed by atoms with Crippen LogP contribution in [-0.2, 0) is 11.3 Å². The van der Waals surface area contributed by atoms with Crippen molar-refractivity contribution in [2.24, 2.45) is 0 Å². The maximum atomic E-state index is 5.68. The number of hydrogen-bond donors (Lipinski definition) is 1. The number of methoxy groups -OCH3 is 1. The Morgan fingerprint density at radius 3 is 2.64 bits per heavy atom. The minimum atomic E-state index is 0.209. The molecule has 14 heavy (non-hydrogen) atoms. The van der Waals surface area contributed by atoms with Crippen LogP contribution in [0.5, 0.6) is 5.75 Å². The van der Waals surface area contributed by atoms with Gasteiger partial charge in [-0.1, -0.05) is 0 Å². The van der Waals surface area contributed by atoms with Crippen LogP contribution in [0, 0.1) is 0 Å². The molecule has 78 valence electrons. The lowest BCUT2D eigenvalue weighted by Crippen LogP contribution is -2.04. The molecule has 1 rings (SSSR count). The molecule has 0 saturated heterocycles. The normalized spacial score (nSPS) is 10.6. The summed E-state index contributed by atoms with van der Waals surface area (Å²) in [6.45, 7) is 4.53. The van der Waals surface area contributed by atoms with Gasteiger partial charge in [0.2, 0.25) is 0 Å². The molecular weight excluding hydrogens is 178 g/mol. The second kappa shape index (κ2) is 4.86. The van der Waals surface area contributed by atoms with Gasteiger partial charge in [-0.15, -0.1) is 0 Å². The van der Waals surface area contributed by atoms with E-state index in [1.54, 1.807) is 7.11 Å². The molecule has 0 spiro atoms. The van der Waals surface area contributed by atoms with Crippen LogP contribution in [0.1, 0.15) is 19.4 Å². The van der Waals surface area contributed by atoms with Crippen LogP contribution in [0.15, 0.2) is 18.2 Å². The van der Waals surface area contributed by atoms with Gasteiger partial charge in [-0.2, -0.15) is 0 Å². The molecule has 1 aromatic carbocycles. The zero-order chi connectivity index (χ0) is 10.6. The monoisotopic (exact) mass is 195 g/mol. The molecule has 0 amide bonds. The van der Waals surface area contributed by atoms with Gasteiger partial charge >= 0.3 is 0 Å². The van der Waals surface area contributed by atoms with Gasteiger partial charge in [0.25, 0.3) is 0 Å². The van der Waals surface area contributed by atoms with Crippen LogP contribution in [0.4, 0.5) is 5.69 Å². The predicted octanol–water partition coefficient (Wildman–Crippen LogP) is 2.20. The molecule has 0 unspecified atom stereocenters. The Balaban J connectivity index is 2.77. The summed E-state index contributed by atoms with van der Waals surface area (Å²) in [6, 6.07) is 5.55. The summed E-state index contributed by atoms with van der Waals surface area (Å²) < 4.78 is 10.7. The first-order valence-electron chi connectivity index (χ1n) is 4.67. The van der Waals surface area contributed by atoms with E-state index in [4.69, 9.17) is 15.2 Å². The second-order valence-electron chi connectivity index (χ2n) is 3.43. The van der Waals surface area contributed by atoms with Crippen molar-refractivity contribution in [3.63, 3.8) is 0 Å². The van der Waals surface area contributed by atoms with Crippen molar-refractivity contribution in [2.75, 3.05) is 12.8 Å². The van der Waals surface area contributed by atoms with E-state index in [1.807, 2.05) is 32.0 Å². The smallest absolute Gasteiger partial charge is 0.124 e. The van der Waals surface area contributed by atoms with E-state index in [0.717, 1.165) is 17.0 Å². The van der Waals surface area contributed by atoms with Crippen molar-refractivity contribution >= 4 is 5.69 Å². The number of nitrogen functional groups attached to an aromatic ring is 1. The van der Waals surface area contributed by atoms with Crippen molar-refractivity contribution in [1.82, 2.24) is 0 Å². The van der Waals surface area contributed by atoms with Crippen LogP contribution in [0.3, 0.4) is 0 Å². The molecule has 0 bridgehead atoms. The first kappa shape index (κ1) is 10.9. The Morgan fingerprint density at radius 2 is 2.07 bits per heavy atom. The summed E-state index contributed by atoms with van der Waals surface area (Å²) in [5.74, 6) is 0.819. The average Bonchev–Trinajstić information content (AvgIpc) is 2.15. The largest absolute Gasteiger partial charge is 0.496 e. The Morgan fingerprint density at radius 1 is 1.36 bits per heavy atom. The molecular formula is C11H17NO2. The van der Waals surface area contributed by atoms with Gasteiger partial charge in [0.05, 0.1) is 19.8 Å². The Kier molecular flexibility index (Phi) is 3.77. The number of rotatable bonds is 4. The van der Waals surface area contributed by atoms with E-state index in [2.05, 4.69) is 0 Å². The number of benzene rings is 1. The summed E-state index contributed by atoms with van der Waals surface area (Å²) >= 11 is 0. The zero-order valence-corrected chi connectivity index (χ0v) is 8.91. The molecule has 1 aromatic rings. The third-order valence-corrected chi connectivity index (χ3v) is 1.88. The zero-order valence-electron chi connectivity index (χ0n) is 8.91. The lowest BCUT2D eigenvalue weighted by atomic mass is 10.2. The lowest BCUT2D eigenvalue weighted by Gasteiger charge is -2.11. The minimum Gasteiger partial charge on any atom is -0.496 e. The summed E-state index contributed by atoms with van der Waals surface area (Å²) in [5, 5.41) is 0. The van der Waals surface area contributed by atoms with Crippen LogP contribution >= 0.6 is 0 Å². The molecule has 0 fully saturated rings. The van der Waals surface area contributed by atoms with E-state index in [0.29, 0.717) is 6.61 Å². The van der Waals surface area contributed by atoms with E-state index >= 15 is 0 Å². The fourth-order valence-electron chi connectivity index (χ4n) is 1.17. The molecule has 0 saturated carbocycles. The van der Waals surface area contributed by atoms with Gasteiger partial charge < -0.3 is 15.2 Å². The highest BCUT2D eigenvalue weighted by molar-refractivity contribution is 5.47. The van der Waals surface area contributed by atoms with Crippen molar-refractivity contribution in [1.29, 1.82) is 0 Å². The van der Waals surface area contributed by atoms with E-state index < -0.39 is 0 Å². The Hall–Kier alpha value is -1.22. The van der Waals surface area contributed by atoms with Crippen molar-refractivity contribution in [3.05, 3.63) is 23.8 Å². The molecule has 2 N–H and O–H groups in total. The van der Waals surface area contributed by atoms with Crippen molar-refractivity contribution < 1.29 is 9.47 Å². The SMILES string of the molecule is COc1ccc(N)cc1COC(C)C. The molecule has 3 nitrogen and oxygen atoms in total. The lowest BCUT2D eigenvalue weighted by molar-refractivity contribution is 0.0645. The van der Waals surface area contributed by atoms with E-state index in [1.165, 1.54) is 0 Å². The summed E-state index contributed by atoms with van der Waals surface area (Å²) in [5.41, 5.74) is 7.39. The van der Waals surface area contributed by atoms with Crippen LogP contribution < -0.4 is 10.5 Å². The quantitative estimate of drug-likeness (QED) is 0.749. The standard InChI is InChI=1S/C11H17NO2/c1-8(2)14-7-9-6-10(12)4-5-11(9)13-3/h4-6,8H,7,12H2,1-3H3. The number of nitrogens with two attached hydrogens (primary N) is 1. The van der Waals surface area contributed by atoms with Gasteiger partial charge in [-0.25, -0.2) is 0 Å². The third kappa shape index (κ3) is 2.92. The Labute approximate surface area is 84.8 Å². The molecule has 0 aliphatic heterocycles.